The minimum atomic E-state index is 0.733. The topological polar surface area (TPSA) is 38.9 Å². The Morgan fingerprint density at radius 3 is 2.32 bits per heavy atom. The van der Waals surface area contributed by atoms with Gasteiger partial charge in [0.1, 0.15) is 0 Å². The van der Waals surface area contributed by atoms with E-state index in [9.17, 15) is 0 Å². The molecule has 0 fully saturated rings. The summed E-state index contributed by atoms with van der Waals surface area (Å²) in [5, 5.41) is 0. The van der Waals surface area contributed by atoms with Crippen LogP contribution in [0.5, 0.6) is 0 Å². The van der Waals surface area contributed by atoms with Gasteiger partial charge in [0, 0.05) is 22.3 Å². The maximum Gasteiger partial charge on any atom is 0.0722 e. The van der Waals surface area contributed by atoms with Crippen molar-refractivity contribution in [2.75, 3.05) is 5.73 Å². The quantitative estimate of drug-likeness (QED) is 0.731. The normalized spacial score (nSPS) is 10.6. The van der Waals surface area contributed by atoms with Gasteiger partial charge in [-0.15, -0.1) is 11.3 Å². The summed E-state index contributed by atoms with van der Waals surface area (Å²) in [5.41, 5.74) is 9.70. The lowest BCUT2D eigenvalue weighted by Crippen LogP contribution is -1.88. The molecule has 1 aromatic carbocycles. The summed E-state index contributed by atoms with van der Waals surface area (Å²) in [4.78, 5) is 5.58. The largest absolute Gasteiger partial charge is 0.399 e. The van der Waals surface area contributed by atoms with E-state index in [1.807, 2.05) is 6.07 Å². The summed E-state index contributed by atoms with van der Waals surface area (Å²) in [7, 11) is 0. The van der Waals surface area contributed by atoms with E-state index in [4.69, 9.17) is 5.73 Å². The average Bonchev–Trinajstić information content (AvgIpc) is 2.86. The molecule has 2 heterocycles. The molecule has 19 heavy (non-hydrogen) atoms. The van der Waals surface area contributed by atoms with E-state index >= 15 is 0 Å². The van der Waals surface area contributed by atoms with E-state index in [0.717, 1.165) is 20.7 Å². The fourth-order valence-electron chi connectivity index (χ4n) is 1.88. The molecular formula is C15H11BrN2S. The predicted octanol–water partition coefficient (Wildman–Crippen LogP) is 4.82. The van der Waals surface area contributed by atoms with Crippen molar-refractivity contribution in [3.8, 4) is 21.7 Å². The van der Waals surface area contributed by atoms with Crippen LogP contribution < -0.4 is 5.73 Å². The van der Waals surface area contributed by atoms with Crippen LogP contribution in [-0.2, 0) is 0 Å². The van der Waals surface area contributed by atoms with E-state index in [1.165, 1.54) is 10.4 Å². The van der Waals surface area contributed by atoms with Gasteiger partial charge < -0.3 is 5.73 Å². The molecular weight excluding hydrogens is 320 g/mol. The molecule has 0 unspecified atom stereocenters. The number of nitrogen functional groups attached to an aromatic ring is 1. The molecule has 0 aliphatic carbocycles. The number of pyridine rings is 1. The number of nitrogens with two attached hydrogens (primary N) is 1. The highest BCUT2D eigenvalue weighted by atomic mass is 79.9. The Bertz CT molecular complexity index is 704. The van der Waals surface area contributed by atoms with Gasteiger partial charge in [-0.05, 0) is 45.8 Å². The molecule has 0 saturated carbocycles. The first kappa shape index (κ1) is 12.4. The Kier molecular flexibility index (Phi) is 3.36. The molecule has 3 aromatic rings. The Labute approximate surface area is 124 Å². The number of hydrogen-bond acceptors (Lipinski definition) is 3. The molecule has 2 N–H and O–H groups in total. The number of thiophene rings is 1. The van der Waals surface area contributed by atoms with Gasteiger partial charge in [-0.2, -0.15) is 0 Å². The molecule has 2 nitrogen and oxygen atoms in total. The first-order chi connectivity index (χ1) is 9.22. The lowest BCUT2D eigenvalue weighted by Gasteiger charge is -2.03. The zero-order valence-electron chi connectivity index (χ0n) is 10.0. The summed E-state index contributed by atoms with van der Waals surface area (Å²) in [6.07, 6.45) is 1.73. The Balaban J connectivity index is 1.95. The highest BCUT2D eigenvalue weighted by Crippen LogP contribution is 2.32. The van der Waals surface area contributed by atoms with E-state index in [0.29, 0.717) is 0 Å². The number of aromatic nitrogens is 1. The lowest BCUT2D eigenvalue weighted by molar-refractivity contribution is 1.33. The van der Waals surface area contributed by atoms with Crippen molar-refractivity contribution < 1.29 is 0 Å². The standard InChI is InChI=1S/C15H11BrN2S/c16-15-6-5-14(19-15)11-3-1-10(2-4-11)13-9-12(17)7-8-18-13/h1-9H,(H2,17,18). The van der Waals surface area contributed by atoms with Crippen molar-refractivity contribution in [3.63, 3.8) is 0 Å². The molecule has 3 rings (SSSR count). The molecule has 0 spiro atoms. The summed E-state index contributed by atoms with van der Waals surface area (Å²) in [5.74, 6) is 0. The van der Waals surface area contributed by atoms with Crippen molar-refractivity contribution in [2.45, 2.75) is 0 Å². The molecule has 94 valence electrons. The minimum Gasteiger partial charge on any atom is -0.399 e. The van der Waals surface area contributed by atoms with Crippen molar-refractivity contribution in [3.05, 3.63) is 58.5 Å². The second-order valence-electron chi connectivity index (χ2n) is 4.16. The molecule has 4 heteroatoms. The molecule has 0 saturated heterocycles. The van der Waals surface area contributed by atoms with Gasteiger partial charge in [0.25, 0.3) is 0 Å². The molecule has 0 bridgehead atoms. The summed E-state index contributed by atoms with van der Waals surface area (Å²) in [6.45, 7) is 0. The fraction of sp³-hybridized carbons (Fsp3) is 0. The van der Waals surface area contributed by atoms with Gasteiger partial charge in [-0.1, -0.05) is 24.3 Å². The SMILES string of the molecule is Nc1ccnc(-c2ccc(-c3ccc(Br)s3)cc2)c1. The zero-order valence-corrected chi connectivity index (χ0v) is 12.4. The van der Waals surface area contributed by atoms with Crippen LogP contribution in [0, 0.1) is 0 Å². The van der Waals surface area contributed by atoms with Crippen molar-refractivity contribution in [1.29, 1.82) is 0 Å². The second-order valence-corrected chi connectivity index (χ2v) is 6.62. The van der Waals surface area contributed by atoms with E-state index in [-0.39, 0.29) is 0 Å². The van der Waals surface area contributed by atoms with Crippen molar-refractivity contribution in [2.24, 2.45) is 0 Å². The molecule has 2 aromatic heterocycles. The lowest BCUT2D eigenvalue weighted by atomic mass is 10.1. The summed E-state index contributed by atoms with van der Waals surface area (Å²) >= 11 is 5.21. The van der Waals surface area contributed by atoms with E-state index in [2.05, 4.69) is 57.3 Å². The first-order valence-electron chi connectivity index (χ1n) is 5.80. The summed E-state index contributed by atoms with van der Waals surface area (Å²) < 4.78 is 1.14. The highest BCUT2D eigenvalue weighted by molar-refractivity contribution is 9.11. The highest BCUT2D eigenvalue weighted by Gasteiger charge is 2.03. The Morgan fingerprint density at radius 2 is 1.68 bits per heavy atom. The number of rotatable bonds is 2. The zero-order chi connectivity index (χ0) is 13.2. The van der Waals surface area contributed by atoms with Crippen LogP contribution in [0.15, 0.2) is 58.5 Å². The minimum absolute atomic E-state index is 0.733. The van der Waals surface area contributed by atoms with E-state index < -0.39 is 0 Å². The predicted molar refractivity (Wildman–Crippen MR) is 85.1 cm³/mol. The smallest absolute Gasteiger partial charge is 0.0722 e. The van der Waals surface area contributed by atoms with Crippen LogP contribution in [0.2, 0.25) is 0 Å². The number of anilines is 1. The fourth-order valence-corrected chi connectivity index (χ4v) is 3.27. The molecule has 0 radical (unpaired) electrons. The van der Waals surface area contributed by atoms with Crippen LogP contribution >= 0.6 is 27.3 Å². The van der Waals surface area contributed by atoms with Gasteiger partial charge in [0.05, 0.1) is 9.48 Å². The van der Waals surface area contributed by atoms with Gasteiger partial charge in [-0.3, -0.25) is 4.98 Å². The first-order valence-corrected chi connectivity index (χ1v) is 7.41. The van der Waals surface area contributed by atoms with Crippen LogP contribution in [0.25, 0.3) is 21.7 Å². The number of nitrogens with zero attached hydrogens (tertiary/aromatic N) is 1. The monoisotopic (exact) mass is 330 g/mol. The molecule has 0 aliphatic heterocycles. The maximum atomic E-state index is 5.78. The van der Waals surface area contributed by atoms with Crippen molar-refractivity contribution >= 4 is 33.0 Å². The maximum absolute atomic E-state index is 5.78. The van der Waals surface area contributed by atoms with E-state index in [1.54, 1.807) is 23.6 Å². The van der Waals surface area contributed by atoms with Crippen LogP contribution in [0.1, 0.15) is 0 Å². The van der Waals surface area contributed by atoms with Crippen LogP contribution in [-0.4, -0.2) is 4.98 Å². The molecule has 0 aliphatic rings. The number of hydrogen-bond donors (Lipinski definition) is 1. The van der Waals surface area contributed by atoms with Gasteiger partial charge >= 0.3 is 0 Å². The van der Waals surface area contributed by atoms with Gasteiger partial charge in [-0.25, -0.2) is 0 Å². The molecule has 0 atom stereocenters. The third-order valence-electron chi connectivity index (χ3n) is 2.82. The summed E-state index contributed by atoms with van der Waals surface area (Å²) in [6, 6.07) is 16.2. The Hall–Kier alpha value is -1.65. The average molecular weight is 331 g/mol. The van der Waals surface area contributed by atoms with Crippen molar-refractivity contribution in [1.82, 2.24) is 4.98 Å². The number of benzene rings is 1. The molecule has 0 amide bonds. The van der Waals surface area contributed by atoms with Gasteiger partial charge in [0.2, 0.25) is 0 Å². The third-order valence-corrected chi connectivity index (χ3v) is 4.50. The third kappa shape index (κ3) is 2.69. The van der Waals surface area contributed by atoms with Gasteiger partial charge in [0.15, 0.2) is 0 Å². The van der Waals surface area contributed by atoms with Crippen LogP contribution in [0.3, 0.4) is 0 Å². The number of halogens is 1. The Morgan fingerprint density at radius 1 is 0.947 bits per heavy atom. The second kappa shape index (κ2) is 5.15. The van der Waals surface area contributed by atoms with Crippen LogP contribution in [0.4, 0.5) is 5.69 Å².